The fourth-order valence-corrected chi connectivity index (χ4v) is 7.32. The number of hydrogen-bond acceptors (Lipinski definition) is 7. The molecule has 0 fully saturated rings. The normalized spacial score (nSPS) is 14.0. The van der Waals surface area contributed by atoms with Gasteiger partial charge >= 0.3 is 13.8 Å². The maximum Gasteiger partial charge on any atom is 0.472 e. The molecular weight excluding hydrogens is 770 g/mol. The molecule has 0 aromatic rings. The molecule has 348 valence electrons. The van der Waals surface area contributed by atoms with Crippen LogP contribution >= 0.6 is 7.82 Å². The fraction of sp³-hybridized carbons (Fsp3) is 0.745. The van der Waals surface area contributed by atoms with Crippen LogP contribution in [0.4, 0.5) is 0 Å². The summed E-state index contributed by atoms with van der Waals surface area (Å²) in [6, 6.07) is 0. The summed E-state index contributed by atoms with van der Waals surface area (Å²) < 4.78 is 33.5. The number of carbonyl (C=O) groups excluding carboxylic acids is 1. The van der Waals surface area contributed by atoms with E-state index in [1.54, 1.807) is 0 Å². The second-order valence-electron chi connectivity index (χ2n) is 15.9. The second kappa shape index (κ2) is 48.0. The number of unbranched alkanes of at least 4 members (excludes halogenated alkanes) is 21. The number of ether oxygens (including phenoxy) is 2. The molecule has 2 atom stereocenters. The molecule has 60 heavy (non-hydrogen) atoms. The van der Waals surface area contributed by atoms with Crippen molar-refractivity contribution in [1.82, 2.24) is 0 Å². The van der Waals surface area contributed by atoms with Crippen molar-refractivity contribution in [2.45, 2.75) is 213 Å². The van der Waals surface area contributed by atoms with Crippen LogP contribution in [-0.2, 0) is 27.9 Å². The summed E-state index contributed by atoms with van der Waals surface area (Å²) in [6.45, 7) is 4.73. The van der Waals surface area contributed by atoms with Crippen LogP contribution in [0.2, 0.25) is 0 Å². The number of phosphoric acid groups is 1. The SMILES string of the molecule is CC/C=C\C/C=C\C/C=C\C/C=C\C/C=C\CCCC(=O)OC(COCCCCCCCCCCCCCC/C=C\CCCCCCCCCC)COP(=O)(O)OCCN. The molecule has 0 amide bonds. The zero-order chi connectivity index (χ0) is 43.7. The third-order valence-electron chi connectivity index (χ3n) is 10.1. The molecular formula is C51H92NO7P. The maximum atomic E-state index is 12.6. The van der Waals surface area contributed by atoms with Crippen molar-refractivity contribution in [3.8, 4) is 0 Å². The number of allylic oxidation sites excluding steroid dienone is 12. The van der Waals surface area contributed by atoms with Crippen molar-refractivity contribution >= 4 is 13.8 Å². The lowest BCUT2D eigenvalue weighted by molar-refractivity contribution is -0.154. The van der Waals surface area contributed by atoms with E-state index >= 15 is 0 Å². The van der Waals surface area contributed by atoms with Gasteiger partial charge in [0, 0.05) is 19.6 Å². The average molecular weight is 862 g/mol. The maximum absolute atomic E-state index is 12.6. The Labute approximate surface area is 369 Å². The Morgan fingerprint density at radius 2 is 0.933 bits per heavy atom. The summed E-state index contributed by atoms with van der Waals surface area (Å²) in [4.78, 5) is 22.5. The van der Waals surface area contributed by atoms with Crippen molar-refractivity contribution in [2.24, 2.45) is 5.73 Å². The molecule has 0 aliphatic rings. The van der Waals surface area contributed by atoms with Gasteiger partial charge in [-0.2, -0.15) is 0 Å². The van der Waals surface area contributed by atoms with Crippen LogP contribution in [0.1, 0.15) is 206 Å². The number of esters is 1. The van der Waals surface area contributed by atoms with Gasteiger partial charge in [-0.05, 0) is 77.0 Å². The molecule has 0 bridgehead atoms. The summed E-state index contributed by atoms with van der Waals surface area (Å²) in [6.07, 6.45) is 60.9. The summed E-state index contributed by atoms with van der Waals surface area (Å²) in [5, 5.41) is 0. The molecule has 0 saturated carbocycles. The van der Waals surface area contributed by atoms with Crippen LogP contribution in [0.3, 0.4) is 0 Å². The third kappa shape index (κ3) is 47.0. The number of nitrogens with two attached hydrogens (primary N) is 1. The first-order chi connectivity index (χ1) is 29.4. The van der Waals surface area contributed by atoms with Crippen LogP contribution < -0.4 is 5.73 Å². The predicted octanol–water partition coefficient (Wildman–Crippen LogP) is 15.1. The molecule has 2 unspecified atom stereocenters. The quantitative estimate of drug-likeness (QED) is 0.0269. The largest absolute Gasteiger partial charge is 0.472 e. The Morgan fingerprint density at radius 3 is 1.42 bits per heavy atom. The molecule has 9 heteroatoms. The van der Waals surface area contributed by atoms with Gasteiger partial charge in [0.1, 0.15) is 6.10 Å². The van der Waals surface area contributed by atoms with Gasteiger partial charge < -0.3 is 20.1 Å². The van der Waals surface area contributed by atoms with E-state index < -0.39 is 13.9 Å². The molecule has 0 aromatic heterocycles. The van der Waals surface area contributed by atoms with Crippen LogP contribution in [0.5, 0.6) is 0 Å². The number of hydrogen-bond donors (Lipinski definition) is 2. The second-order valence-corrected chi connectivity index (χ2v) is 17.4. The third-order valence-corrected chi connectivity index (χ3v) is 11.1. The summed E-state index contributed by atoms with van der Waals surface area (Å²) >= 11 is 0. The molecule has 0 aromatic carbocycles. The van der Waals surface area contributed by atoms with Gasteiger partial charge in [0.15, 0.2) is 0 Å². The van der Waals surface area contributed by atoms with Crippen LogP contribution in [0.25, 0.3) is 0 Å². The Hall–Kier alpha value is -2.06. The standard InChI is InChI=1S/C51H92NO7P/c1-3-5-7-9-11-13-15-17-19-21-22-23-24-25-26-27-29-31-33-35-37-39-41-43-46-56-48-50(49-58-60(54,55)57-47-45-52)59-51(53)44-42-40-38-36-34-32-30-28-20-18-16-14-12-10-8-6-4-2/h6,8,12,14,18,20-22,30,32,36,38,50H,3-5,7,9-11,13,15-17,19,23-29,31,33-35,37,39-49,52H2,1-2H3,(H,54,55)/b8-6-,14-12-,20-18-,22-21-,32-30-,38-36-. The van der Waals surface area contributed by atoms with Crippen LogP contribution in [0.15, 0.2) is 72.9 Å². The predicted molar refractivity (Wildman–Crippen MR) is 256 cm³/mol. The van der Waals surface area contributed by atoms with E-state index in [4.69, 9.17) is 24.3 Å². The molecule has 3 N–H and O–H groups in total. The molecule has 0 radical (unpaired) electrons. The van der Waals surface area contributed by atoms with Crippen LogP contribution in [-0.4, -0.2) is 49.9 Å². The topological polar surface area (TPSA) is 117 Å². The van der Waals surface area contributed by atoms with Crippen molar-refractivity contribution in [3.05, 3.63) is 72.9 Å². The van der Waals surface area contributed by atoms with Crippen molar-refractivity contribution < 1.29 is 32.8 Å². The smallest absolute Gasteiger partial charge is 0.457 e. The molecule has 0 aliphatic heterocycles. The summed E-state index contributed by atoms with van der Waals surface area (Å²) in [5.74, 6) is -0.387. The first kappa shape index (κ1) is 57.9. The van der Waals surface area contributed by atoms with E-state index in [2.05, 4.69) is 86.8 Å². The van der Waals surface area contributed by atoms with E-state index in [-0.39, 0.29) is 38.8 Å². The first-order valence-electron chi connectivity index (χ1n) is 24.4. The van der Waals surface area contributed by atoms with E-state index in [1.807, 2.05) is 0 Å². The van der Waals surface area contributed by atoms with E-state index in [0.717, 1.165) is 51.4 Å². The molecule has 0 rings (SSSR count). The zero-order valence-electron chi connectivity index (χ0n) is 38.7. The number of carbonyl (C=O) groups is 1. The van der Waals surface area contributed by atoms with Gasteiger partial charge in [-0.1, -0.05) is 196 Å². The van der Waals surface area contributed by atoms with Gasteiger partial charge in [-0.25, -0.2) is 4.57 Å². The van der Waals surface area contributed by atoms with Crippen molar-refractivity contribution in [3.63, 3.8) is 0 Å². The minimum atomic E-state index is -4.30. The van der Waals surface area contributed by atoms with Gasteiger partial charge in [0.25, 0.3) is 0 Å². The molecule has 0 aliphatic carbocycles. The molecule has 0 spiro atoms. The van der Waals surface area contributed by atoms with Crippen LogP contribution in [0, 0.1) is 0 Å². The highest BCUT2D eigenvalue weighted by Crippen LogP contribution is 2.43. The lowest BCUT2D eigenvalue weighted by Gasteiger charge is -2.20. The summed E-state index contributed by atoms with van der Waals surface area (Å²) in [7, 11) is -4.30. The van der Waals surface area contributed by atoms with E-state index in [9.17, 15) is 14.3 Å². The van der Waals surface area contributed by atoms with Gasteiger partial charge in [-0.3, -0.25) is 13.8 Å². The lowest BCUT2D eigenvalue weighted by Crippen LogP contribution is -2.28. The Bertz CT molecular complexity index is 1150. The average Bonchev–Trinajstić information content (AvgIpc) is 3.24. The molecule has 0 heterocycles. The lowest BCUT2D eigenvalue weighted by atomic mass is 10.0. The Morgan fingerprint density at radius 1 is 0.517 bits per heavy atom. The fourth-order valence-electron chi connectivity index (χ4n) is 6.56. The van der Waals surface area contributed by atoms with E-state index in [1.165, 1.54) is 128 Å². The van der Waals surface area contributed by atoms with Crippen molar-refractivity contribution in [2.75, 3.05) is 33.0 Å². The molecule has 8 nitrogen and oxygen atoms in total. The highest BCUT2D eigenvalue weighted by atomic mass is 31.2. The minimum absolute atomic E-state index is 0.0885. The zero-order valence-corrected chi connectivity index (χ0v) is 39.6. The Kier molecular flexibility index (Phi) is 46.3. The number of rotatable bonds is 46. The first-order valence-corrected chi connectivity index (χ1v) is 25.9. The summed E-state index contributed by atoms with van der Waals surface area (Å²) in [5.41, 5.74) is 5.38. The van der Waals surface area contributed by atoms with E-state index in [0.29, 0.717) is 13.0 Å². The van der Waals surface area contributed by atoms with Gasteiger partial charge in [0.2, 0.25) is 0 Å². The van der Waals surface area contributed by atoms with Gasteiger partial charge in [0.05, 0.1) is 19.8 Å². The minimum Gasteiger partial charge on any atom is -0.457 e. The van der Waals surface area contributed by atoms with Crippen molar-refractivity contribution in [1.29, 1.82) is 0 Å². The molecule has 0 saturated heterocycles. The van der Waals surface area contributed by atoms with Gasteiger partial charge in [-0.15, -0.1) is 0 Å². The highest BCUT2D eigenvalue weighted by Gasteiger charge is 2.25. The Balaban J connectivity index is 4.01. The monoisotopic (exact) mass is 862 g/mol. The highest BCUT2D eigenvalue weighted by molar-refractivity contribution is 7.47. The number of phosphoric ester groups is 1.